The van der Waals surface area contributed by atoms with E-state index in [0.717, 1.165) is 70.6 Å². The molecule has 0 aromatic rings. The average Bonchev–Trinajstić information content (AvgIpc) is 2.95. The van der Waals surface area contributed by atoms with Crippen LogP contribution in [0.4, 0.5) is 0 Å². The number of carboxylic acid groups (broad SMARTS) is 1. The maximum atomic E-state index is 12.5. The molecular formula is C34H58N2O5. The summed E-state index contributed by atoms with van der Waals surface area (Å²) in [5, 5.41) is 11.8. The van der Waals surface area contributed by atoms with Gasteiger partial charge in [-0.3, -0.25) is 9.59 Å². The van der Waals surface area contributed by atoms with E-state index in [0.29, 0.717) is 45.1 Å². The minimum Gasteiger partial charge on any atom is -0.480 e. The molecule has 0 saturated carbocycles. The molecule has 234 valence electrons. The number of ether oxygens (including phenoxy) is 1. The highest BCUT2D eigenvalue weighted by molar-refractivity contribution is 5.83. The smallest absolute Gasteiger partial charge is 0.326 e. The average molecular weight is 575 g/mol. The standard InChI is InChI=1S/C34H58N2O5/c1-3-5-7-9-10-11-12-13-14-15-16-17-22-28-33(38)41-30(24-19-8-6-4-2)25-20-18-21-27-32(37)36-31(34(39)40)26-23-29-35/h5,7,10-11,13-14,16-17,30-31H,3-4,6,8-9,12,15,18-29,35H2,1-2H3,(H,36,37)(H,39,40)/b7-5-,11-10-,14-13-,17-16-. The fourth-order valence-corrected chi connectivity index (χ4v) is 4.28. The van der Waals surface area contributed by atoms with E-state index < -0.39 is 12.0 Å². The van der Waals surface area contributed by atoms with Crippen molar-refractivity contribution in [2.45, 2.75) is 142 Å². The van der Waals surface area contributed by atoms with Crippen molar-refractivity contribution in [1.29, 1.82) is 0 Å². The fourth-order valence-electron chi connectivity index (χ4n) is 4.28. The Kier molecular flexibility index (Phi) is 27.0. The maximum Gasteiger partial charge on any atom is 0.326 e. The third kappa shape index (κ3) is 26.0. The number of hydrogen-bond acceptors (Lipinski definition) is 5. The molecule has 7 heteroatoms. The van der Waals surface area contributed by atoms with Gasteiger partial charge >= 0.3 is 11.9 Å². The van der Waals surface area contributed by atoms with Gasteiger partial charge in [-0.1, -0.05) is 88.1 Å². The van der Waals surface area contributed by atoms with Gasteiger partial charge in [-0.2, -0.15) is 0 Å². The number of unbranched alkanes of at least 4 members (excludes halogenated alkanes) is 5. The van der Waals surface area contributed by atoms with Crippen molar-refractivity contribution >= 4 is 17.8 Å². The van der Waals surface area contributed by atoms with Gasteiger partial charge in [0.15, 0.2) is 0 Å². The van der Waals surface area contributed by atoms with Crippen LogP contribution in [-0.2, 0) is 19.1 Å². The Morgan fingerprint density at radius 1 is 0.732 bits per heavy atom. The summed E-state index contributed by atoms with van der Waals surface area (Å²) in [6, 6.07) is -0.880. The van der Waals surface area contributed by atoms with Gasteiger partial charge in [0.25, 0.3) is 0 Å². The SMILES string of the molecule is CC/C=C\C/C=C\C/C=C\C/C=C\CCC(=O)OC(CCCCCC)CCCCCC(=O)NC(CCCN)C(=O)O. The molecule has 0 aliphatic rings. The van der Waals surface area contributed by atoms with Gasteiger partial charge in [0.05, 0.1) is 0 Å². The molecule has 0 fully saturated rings. The summed E-state index contributed by atoms with van der Waals surface area (Å²) in [7, 11) is 0. The van der Waals surface area contributed by atoms with Crippen LogP contribution < -0.4 is 11.1 Å². The van der Waals surface area contributed by atoms with Crippen LogP contribution >= 0.6 is 0 Å². The van der Waals surface area contributed by atoms with Crippen LogP contribution in [0.3, 0.4) is 0 Å². The molecule has 41 heavy (non-hydrogen) atoms. The van der Waals surface area contributed by atoms with Gasteiger partial charge in [-0.15, -0.1) is 0 Å². The Hall–Kier alpha value is -2.67. The lowest BCUT2D eigenvalue weighted by Crippen LogP contribution is -2.40. The topological polar surface area (TPSA) is 119 Å². The third-order valence-electron chi connectivity index (χ3n) is 6.67. The third-order valence-corrected chi connectivity index (χ3v) is 6.67. The molecule has 0 aromatic carbocycles. The van der Waals surface area contributed by atoms with E-state index in [-0.39, 0.29) is 18.0 Å². The van der Waals surface area contributed by atoms with Crippen LogP contribution in [0.25, 0.3) is 0 Å². The van der Waals surface area contributed by atoms with E-state index in [9.17, 15) is 19.5 Å². The van der Waals surface area contributed by atoms with Crippen molar-refractivity contribution in [2.75, 3.05) is 6.54 Å². The Balaban J connectivity index is 4.30. The lowest BCUT2D eigenvalue weighted by Gasteiger charge is -2.18. The number of esters is 1. The molecule has 2 atom stereocenters. The molecule has 0 aliphatic heterocycles. The molecule has 0 bridgehead atoms. The highest BCUT2D eigenvalue weighted by Crippen LogP contribution is 2.17. The molecule has 0 heterocycles. The van der Waals surface area contributed by atoms with Gasteiger partial charge in [-0.05, 0) is 83.6 Å². The molecular weight excluding hydrogens is 516 g/mol. The Morgan fingerprint density at radius 3 is 1.88 bits per heavy atom. The van der Waals surface area contributed by atoms with Crippen molar-refractivity contribution in [2.24, 2.45) is 5.73 Å². The highest BCUT2D eigenvalue weighted by Gasteiger charge is 2.19. The summed E-state index contributed by atoms with van der Waals surface area (Å²) in [6.07, 6.45) is 31.7. The van der Waals surface area contributed by atoms with Gasteiger partial charge in [0.1, 0.15) is 12.1 Å². The first-order chi connectivity index (χ1) is 19.9. The number of nitrogens with two attached hydrogens (primary N) is 1. The second kappa shape index (κ2) is 28.8. The monoisotopic (exact) mass is 574 g/mol. The largest absolute Gasteiger partial charge is 0.480 e. The van der Waals surface area contributed by atoms with Crippen LogP contribution in [0.5, 0.6) is 0 Å². The number of carbonyl (C=O) groups excluding carboxylic acids is 2. The number of aliphatic carboxylic acids is 1. The number of amides is 1. The number of hydrogen-bond donors (Lipinski definition) is 3. The number of nitrogens with one attached hydrogen (secondary N) is 1. The molecule has 2 unspecified atom stereocenters. The summed E-state index contributed by atoms with van der Waals surface area (Å²) in [4.78, 5) is 35.9. The van der Waals surface area contributed by atoms with E-state index in [4.69, 9.17) is 10.5 Å². The van der Waals surface area contributed by atoms with E-state index >= 15 is 0 Å². The zero-order valence-corrected chi connectivity index (χ0v) is 25.9. The maximum absolute atomic E-state index is 12.5. The summed E-state index contributed by atoms with van der Waals surface area (Å²) in [6.45, 7) is 4.71. The van der Waals surface area contributed by atoms with Gasteiger partial charge in [-0.25, -0.2) is 4.79 Å². The molecule has 0 saturated heterocycles. The lowest BCUT2D eigenvalue weighted by atomic mass is 10.0. The van der Waals surface area contributed by atoms with Crippen LogP contribution in [-0.4, -0.2) is 41.6 Å². The molecule has 4 N–H and O–H groups in total. The summed E-state index contributed by atoms with van der Waals surface area (Å²) in [5.41, 5.74) is 5.45. The number of carbonyl (C=O) groups is 3. The quantitative estimate of drug-likeness (QED) is 0.0525. The highest BCUT2D eigenvalue weighted by atomic mass is 16.5. The molecule has 0 rings (SSSR count). The zero-order chi connectivity index (χ0) is 30.4. The summed E-state index contributed by atoms with van der Waals surface area (Å²) >= 11 is 0. The van der Waals surface area contributed by atoms with Crippen LogP contribution in [0.2, 0.25) is 0 Å². The predicted octanol–water partition coefficient (Wildman–Crippen LogP) is 7.71. The number of carboxylic acids is 1. The molecule has 0 spiro atoms. The van der Waals surface area contributed by atoms with Crippen LogP contribution in [0.1, 0.15) is 129 Å². The number of allylic oxidation sites excluding steroid dienone is 8. The first-order valence-corrected chi connectivity index (χ1v) is 16.0. The van der Waals surface area contributed by atoms with Crippen molar-refractivity contribution in [3.05, 3.63) is 48.6 Å². The van der Waals surface area contributed by atoms with Crippen molar-refractivity contribution in [1.82, 2.24) is 5.32 Å². The normalized spacial score (nSPS) is 13.4. The first kappa shape index (κ1) is 38.3. The summed E-state index contributed by atoms with van der Waals surface area (Å²) < 4.78 is 5.83. The Bertz CT molecular complexity index is 788. The Labute approximate surface area is 249 Å². The fraction of sp³-hybridized carbons (Fsp3) is 0.676. The van der Waals surface area contributed by atoms with E-state index in [1.807, 2.05) is 6.08 Å². The predicted molar refractivity (Wildman–Crippen MR) is 170 cm³/mol. The minimum atomic E-state index is -1.03. The van der Waals surface area contributed by atoms with Gasteiger partial charge in [0.2, 0.25) is 5.91 Å². The van der Waals surface area contributed by atoms with E-state index in [1.165, 1.54) is 6.42 Å². The second-order valence-electron chi connectivity index (χ2n) is 10.5. The molecule has 0 aliphatic carbocycles. The van der Waals surface area contributed by atoms with E-state index in [2.05, 4.69) is 61.7 Å². The molecule has 0 radical (unpaired) electrons. The minimum absolute atomic E-state index is 0.0849. The van der Waals surface area contributed by atoms with Crippen LogP contribution in [0.15, 0.2) is 48.6 Å². The van der Waals surface area contributed by atoms with Crippen molar-refractivity contribution in [3.8, 4) is 0 Å². The zero-order valence-electron chi connectivity index (χ0n) is 25.9. The van der Waals surface area contributed by atoms with Gasteiger partial charge < -0.3 is 20.9 Å². The van der Waals surface area contributed by atoms with E-state index in [1.54, 1.807) is 0 Å². The molecule has 0 aromatic heterocycles. The first-order valence-electron chi connectivity index (χ1n) is 16.0. The second-order valence-corrected chi connectivity index (χ2v) is 10.5. The lowest BCUT2D eigenvalue weighted by molar-refractivity contribution is -0.149. The van der Waals surface area contributed by atoms with Crippen molar-refractivity contribution < 1.29 is 24.2 Å². The van der Waals surface area contributed by atoms with Crippen LogP contribution in [0, 0.1) is 0 Å². The Morgan fingerprint density at radius 2 is 1.32 bits per heavy atom. The van der Waals surface area contributed by atoms with Gasteiger partial charge in [0, 0.05) is 12.8 Å². The molecule has 1 amide bonds. The number of rotatable bonds is 27. The molecule has 7 nitrogen and oxygen atoms in total. The summed E-state index contributed by atoms with van der Waals surface area (Å²) in [5.74, 6) is -1.42. The van der Waals surface area contributed by atoms with Crippen molar-refractivity contribution in [3.63, 3.8) is 0 Å².